The van der Waals surface area contributed by atoms with Crippen molar-refractivity contribution in [2.45, 2.75) is 82.1 Å². The van der Waals surface area contributed by atoms with E-state index in [1.165, 1.54) is 11.3 Å². The molecule has 0 aliphatic rings. The second-order valence-corrected chi connectivity index (χ2v) is 11.5. The van der Waals surface area contributed by atoms with Gasteiger partial charge in [0, 0.05) is 11.8 Å². The number of thioether (sulfide) groups is 1. The number of nitrogens with zero attached hydrogens (tertiary/aromatic N) is 2. The largest absolute Gasteiger partial charge is 0.494 e. The summed E-state index contributed by atoms with van der Waals surface area (Å²) in [6.07, 6.45) is 6.40. The van der Waals surface area contributed by atoms with E-state index in [4.69, 9.17) is 14.4 Å². The second-order valence-electron chi connectivity index (χ2n) is 9.20. The van der Waals surface area contributed by atoms with Crippen LogP contribution >= 0.6 is 23.1 Å². The Morgan fingerprint density at radius 3 is 2.45 bits per heavy atom. The molecule has 3 rings (SSSR count). The number of anilines is 1. The SMILES string of the molecule is CC.CC(C)(C)c1cnc(CSc2cnc(NC(=O)Cc3ccc(OCCCCCC(=O)NO)cc3)s2)o1. The quantitative estimate of drug-likeness (QED) is 0.0949. The van der Waals surface area contributed by atoms with Crippen molar-refractivity contribution in [1.82, 2.24) is 15.4 Å². The summed E-state index contributed by atoms with van der Waals surface area (Å²) < 4.78 is 12.5. The average Bonchev–Trinajstić information content (AvgIpc) is 3.56. The zero-order chi connectivity index (χ0) is 28.0. The first kappa shape index (κ1) is 31.3. The summed E-state index contributed by atoms with van der Waals surface area (Å²) >= 11 is 2.99. The fourth-order valence-corrected chi connectivity index (χ4v) is 4.85. The van der Waals surface area contributed by atoms with Crippen LogP contribution in [0.25, 0.3) is 0 Å². The Hall–Kier alpha value is -2.89. The lowest BCUT2D eigenvalue weighted by Crippen LogP contribution is -2.17. The molecule has 9 nitrogen and oxygen atoms in total. The fraction of sp³-hybridized carbons (Fsp3) is 0.481. The van der Waals surface area contributed by atoms with Crippen LogP contribution in [-0.4, -0.2) is 33.6 Å². The maximum Gasteiger partial charge on any atom is 0.243 e. The fourth-order valence-electron chi connectivity index (χ4n) is 3.10. The van der Waals surface area contributed by atoms with E-state index >= 15 is 0 Å². The minimum atomic E-state index is -0.373. The number of amides is 2. The van der Waals surface area contributed by atoms with Crippen LogP contribution in [0.4, 0.5) is 5.13 Å². The zero-order valence-corrected chi connectivity index (χ0v) is 24.3. The van der Waals surface area contributed by atoms with Crippen LogP contribution in [0.1, 0.15) is 77.5 Å². The average molecular weight is 563 g/mol. The minimum absolute atomic E-state index is 0.0752. The van der Waals surface area contributed by atoms with E-state index in [9.17, 15) is 9.59 Å². The summed E-state index contributed by atoms with van der Waals surface area (Å²) in [5.41, 5.74) is 2.42. The van der Waals surface area contributed by atoms with Gasteiger partial charge in [0.25, 0.3) is 0 Å². The maximum absolute atomic E-state index is 12.4. The van der Waals surface area contributed by atoms with Crippen molar-refractivity contribution >= 4 is 40.0 Å². The third-order valence-electron chi connectivity index (χ3n) is 5.09. The molecule has 1 aromatic carbocycles. The Bertz CT molecular complexity index is 1120. The number of unbranched alkanes of at least 4 members (excludes halogenated alkanes) is 2. The molecule has 2 heterocycles. The molecule has 0 aliphatic carbocycles. The highest BCUT2D eigenvalue weighted by atomic mass is 32.2. The van der Waals surface area contributed by atoms with Crippen molar-refractivity contribution in [2.24, 2.45) is 0 Å². The summed E-state index contributed by atoms with van der Waals surface area (Å²) in [4.78, 5) is 32.0. The van der Waals surface area contributed by atoms with Gasteiger partial charge in [0.05, 0.1) is 35.4 Å². The number of ether oxygens (including phenoxy) is 1. The first-order chi connectivity index (χ1) is 18.2. The second kappa shape index (κ2) is 16.2. The van der Waals surface area contributed by atoms with E-state index in [2.05, 4.69) is 36.1 Å². The molecule has 3 aromatic rings. The first-order valence-corrected chi connectivity index (χ1v) is 14.5. The molecule has 0 saturated heterocycles. The summed E-state index contributed by atoms with van der Waals surface area (Å²) in [6.45, 7) is 10.8. The lowest BCUT2D eigenvalue weighted by atomic mass is 9.94. The number of hydrogen-bond acceptors (Lipinski definition) is 9. The lowest BCUT2D eigenvalue weighted by Gasteiger charge is -2.12. The minimum Gasteiger partial charge on any atom is -0.494 e. The first-order valence-electron chi connectivity index (χ1n) is 12.7. The Kier molecular flexibility index (Phi) is 13.3. The van der Waals surface area contributed by atoms with Gasteiger partial charge in [-0.1, -0.05) is 58.1 Å². The normalized spacial score (nSPS) is 10.9. The smallest absolute Gasteiger partial charge is 0.243 e. The van der Waals surface area contributed by atoms with Gasteiger partial charge in [-0.05, 0) is 37.0 Å². The number of carbonyl (C=O) groups is 2. The van der Waals surface area contributed by atoms with Crippen molar-refractivity contribution in [2.75, 3.05) is 11.9 Å². The number of thiazole rings is 1. The molecule has 0 bridgehead atoms. The molecule has 2 amide bonds. The van der Waals surface area contributed by atoms with Gasteiger partial charge in [0.1, 0.15) is 11.5 Å². The monoisotopic (exact) mass is 562 g/mol. The van der Waals surface area contributed by atoms with Crippen LogP contribution in [0.15, 0.2) is 45.3 Å². The van der Waals surface area contributed by atoms with Crippen molar-refractivity contribution < 1.29 is 24.0 Å². The number of oxazole rings is 1. The van der Waals surface area contributed by atoms with Crippen molar-refractivity contribution in [3.05, 3.63) is 53.9 Å². The molecule has 0 radical (unpaired) electrons. The predicted molar refractivity (Wildman–Crippen MR) is 151 cm³/mol. The summed E-state index contributed by atoms with van der Waals surface area (Å²) in [5.74, 6) is 2.35. The number of benzene rings is 1. The number of carbonyl (C=O) groups excluding carboxylic acids is 2. The van der Waals surface area contributed by atoms with Gasteiger partial charge in [-0.2, -0.15) is 0 Å². The third kappa shape index (κ3) is 11.2. The number of rotatable bonds is 13. The molecule has 208 valence electrons. The van der Waals surface area contributed by atoms with E-state index in [0.29, 0.717) is 36.2 Å². The van der Waals surface area contributed by atoms with Crippen molar-refractivity contribution in [3.8, 4) is 5.75 Å². The van der Waals surface area contributed by atoms with Crippen molar-refractivity contribution in [1.29, 1.82) is 0 Å². The van der Waals surface area contributed by atoms with Crippen LogP contribution in [0.2, 0.25) is 0 Å². The Labute approximate surface area is 232 Å². The van der Waals surface area contributed by atoms with Crippen LogP contribution < -0.4 is 15.5 Å². The molecular formula is C27H38N4O5S2. The maximum atomic E-state index is 12.4. The molecule has 3 N–H and O–H groups in total. The lowest BCUT2D eigenvalue weighted by molar-refractivity contribution is -0.129. The summed E-state index contributed by atoms with van der Waals surface area (Å²) in [5, 5.41) is 11.9. The standard InChI is InChI=1S/C25H32N4O5S2.C2H6/c1-25(2,3)19-14-26-22(34-19)16-35-23-15-27-24(36-23)28-21(31)13-17-8-10-18(11-9-17)33-12-6-4-5-7-20(30)29-32;1-2/h8-11,14-15,32H,4-7,12-13,16H2,1-3H3,(H,29,30)(H,27,28,31);1-2H3. The number of aromatic nitrogens is 2. The Balaban J connectivity index is 0.00000247. The van der Waals surface area contributed by atoms with Crippen LogP contribution in [0, 0.1) is 0 Å². The third-order valence-corrected chi connectivity index (χ3v) is 7.18. The topological polar surface area (TPSA) is 127 Å². The Morgan fingerprint density at radius 2 is 1.79 bits per heavy atom. The predicted octanol–water partition coefficient (Wildman–Crippen LogP) is 6.37. The molecule has 0 saturated carbocycles. The zero-order valence-electron chi connectivity index (χ0n) is 22.7. The highest BCUT2D eigenvalue weighted by Gasteiger charge is 2.19. The Morgan fingerprint density at radius 1 is 1.05 bits per heavy atom. The van der Waals surface area contributed by atoms with Crippen LogP contribution in [0.3, 0.4) is 0 Å². The van der Waals surface area contributed by atoms with Gasteiger partial charge in [0.15, 0.2) is 5.13 Å². The molecule has 0 spiro atoms. The van der Waals surface area contributed by atoms with E-state index in [-0.39, 0.29) is 23.7 Å². The van der Waals surface area contributed by atoms with E-state index in [1.807, 2.05) is 38.1 Å². The molecule has 0 aliphatic heterocycles. The molecule has 2 aromatic heterocycles. The number of nitrogens with one attached hydrogen (secondary N) is 2. The summed E-state index contributed by atoms with van der Waals surface area (Å²) in [7, 11) is 0. The van der Waals surface area contributed by atoms with Gasteiger partial charge in [0.2, 0.25) is 17.7 Å². The van der Waals surface area contributed by atoms with Gasteiger partial charge in [-0.25, -0.2) is 15.4 Å². The van der Waals surface area contributed by atoms with Crippen LogP contribution in [-0.2, 0) is 27.2 Å². The molecule has 0 fully saturated rings. The van der Waals surface area contributed by atoms with Gasteiger partial charge in [-0.3, -0.25) is 14.8 Å². The van der Waals surface area contributed by atoms with Gasteiger partial charge < -0.3 is 14.5 Å². The molecular weight excluding hydrogens is 524 g/mol. The van der Waals surface area contributed by atoms with Gasteiger partial charge in [-0.15, -0.1) is 11.8 Å². The number of hydroxylamine groups is 1. The number of hydrogen-bond donors (Lipinski definition) is 3. The molecule has 0 unspecified atom stereocenters. The summed E-state index contributed by atoms with van der Waals surface area (Å²) in [6, 6.07) is 7.42. The molecule has 38 heavy (non-hydrogen) atoms. The van der Waals surface area contributed by atoms with Crippen molar-refractivity contribution in [3.63, 3.8) is 0 Å². The molecule has 0 atom stereocenters. The van der Waals surface area contributed by atoms with Gasteiger partial charge >= 0.3 is 0 Å². The highest BCUT2D eigenvalue weighted by Crippen LogP contribution is 2.31. The van der Waals surface area contributed by atoms with E-state index < -0.39 is 0 Å². The van der Waals surface area contributed by atoms with Crippen LogP contribution in [0.5, 0.6) is 5.75 Å². The highest BCUT2D eigenvalue weighted by molar-refractivity contribution is 8.00. The molecule has 11 heteroatoms. The van der Waals surface area contributed by atoms with E-state index in [1.54, 1.807) is 29.6 Å². The van der Waals surface area contributed by atoms with E-state index in [0.717, 1.165) is 34.1 Å².